The van der Waals surface area contributed by atoms with Gasteiger partial charge in [0, 0.05) is 4.47 Å². The van der Waals surface area contributed by atoms with Crippen LogP contribution in [0.1, 0.15) is 17.2 Å². The number of carbonyl (C=O) groups excluding carboxylic acids is 2. The van der Waals surface area contributed by atoms with Gasteiger partial charge in [-0.05, 0) is 53.6 Å². The van der Waals surface area contributed by atoms with Crippen LogP contribution in [-0.4, -0.2) is 25.0 Å². The van der Waals surface area contributed by atoms with Crippen molar-refractivity contribution in [2.24, 2.45) is 5.92 Å². The van der Waals surface area contributed by atoms with Crippen molar-refractivity contribution in [2.75, 3.05) is 17.1 Å². The van der Waals surface area contributed by atoms with Gasteiger partial charge in [0.1, 0.15) is 12.5 Å². The summed E-state index contributed by atoms with van der Waals surface area (Å²) >= 11 is 16.0. The van der Waals surface area contributed by atoms with Gasteiger partial charge in [-0.1, -0.05) is 87.7 Å². The van der Waals surface area contributed by atoms with Crippen LogP contribution in [0.15, 0.2) is 95.5 Å². The Balaban J connectivity index is 1.40. The summed E-state index contributed by atoms with van der Waals surface area (Å²) in [5.74, 6) is -0.729. The minimum atomic E-state index is -1.05. The zero-order valence-corrected chi connectivity index (χ0v) is 24.8. The SMILES string of the molecule is COc1cc([C@@H]2[C@H]3C(=O)N(c4ccc(Cl)c(Cl)c4)C(=O)[C@@H]3ON2c2ccccc2)c(Br)cc1OCc1ccccc1. The van der Waals surface area contributed by atoms with Gasteiger partial charge in [0.15, 0.2) is 17.6 Å². The van der Waals surface area contributed by atoms with Crippen LogP contribution in [0.25, 0.3) is 0 Å². The molecule has 0 saturated carbocycles. The predicted molar refractivity (Wildman–Crippen MR) is 160 cm³/mol. The smallest absolute Gasteiger partial charge is 0.266 e. The van der Waals surface area contributed by atoms with Gasteiger partial charge < -0.3 is 9.47 Å². The Bertz CT molecular complexity index is 1620. The van der Waals surface area contributed by atoms with Gasteiger partial charge in [0.2, 0.25) is 5.91 Å². The lowest BCUT2D eigenvalue weighted by atomic mass is 9.90. The van der Waals surface area contributed by atoms with Crippen molar-refractivity contribution in [2.45, 2.75) is 18.8 Å². The summed E-state index contributed by atoms with van der Waals surface area (Å²) in [6.07, 6.45) is -1.05. The third-order valence-corrected chi connectivity index (χ3v) is 8.55. The third kappa shape index (κ3) is 5.06. The molecule has 7 nitrogen and oxygen atoms in total. The van der Waals surface area contributed by atoms with E-state index < -0.39 is 29.9 Å². The molecule has 3 atom stereocenters. The summed E-state index contributed by atoms with van der Waals surface area (Å²) in [6.45, 7) is 0.349. The molecule has 0 spiro atoms. The molecule has 10 heteroatoms. The normalized spacial score (nSPS) is 20.0. The number of methoxy groups -OCH3 is 1. The Hall–Kier alpha value is -3.56. The van der Waals surface area contributed by atoms with Crippen LogP contribution in [0, 0.1) is 5.92 Å². The van der Waals surface area contributed by atoms with E-state index in [2.05, 4.69) is 15.9 Å². The average molecular weight is 654 g/mol. The number of fused-ring (bicyclic) bond motifs is 1. The molecule has 2 aliphatic rings. The third-order valence-electron chi connectivity index (χ3n) is 7.13. The molecule has 0 radical (unpaired) electrons. The second kappa shape index (κ2) is 11.4. The number of rotatable bonds is 7. The van der Waals surface area contributed by atoms with Crippen LogP contribution in [0.2, 0.25) is 10.0 Å². The molecule has 4 aromatic rings. The number of imide groups is 1. The maximum absolute atomic E-state index is 14.0. The lowest BCUT2D eigenvalue weighted by molar-refractivity contribution is -0.126. The summed E-state index contributed by atoms with van der Waals surface area (Å²) < 4.78 is 12.5. The molecule has 2 heterocycles. The number of hydrogen-bond donors (Lipinski definition) is 0. The van der Waals surface area contributed by atoms with E-state index in [9.17, 15) is 9.59 Å². The molecule has 2 saturated heterocycles. The first-order valence-electron chi connectivity index (χ1n) is 12.8. The van der Waals surface area contributed by atoms with E-state index in [1.165, 1.54) is 6.07 Å². The molecule has 208 valence electrons. The summed E-state index contributed by atoms with van der Waals surface area (Å²) in [6, 6.07) is 26.8. The molecule has 2 fully saturated rings. The minimum absolute atomic E-state index is 0.240. The van der Waals surface area contributed by atoms with E-state index in [0.717, 1.165) is 10.5 Å². The van der Waals surface area contributed by atoms with Crippen molar-refractivity contribution >= 4 is 62.3 Å². The number of ether oxygens (including phenoxy) is 2. The second-order valence-electron chi connectivity index (χ2n) is 9.57. The van der Waals surface area contributed by atoms with Crippen LogP contribution in [0.3, 0.4) is 0 Å². The summed E-state index contributed by atoms with van der Waals surface area (Å²) in [5, 5.41) is 2.19. The zero-order valence-electron chi connectivity index (χ0n) is 21.7. The highest BCUT2D eigenvalue weighted by Crippen LogP contribution is 2.51. The second-order valence-corrected chi connectivity index (χ2v) is 11.2. The highest BCUT2D eigenvalue weighted by molar-refractivity contribution is 9.10. The lowest BCUT2D eigenvalue weighted by Crippen LogP contribution is -2.37. The fraction of sp³-hybridized carbons (Fsp3) is 0.161. The lowest BCUT2D eigenvalue weighted by Gasteiger charge is -2.30. The molecule has 41 heavy (non-hydrogen) atoms. The van der Waals surface area contributed by atoms with Gasteiger partial charge >= 0.3 is 0 Å². The molecular formula is C31H23BrCl2N2O5. The standard InChI is InChI=1S/C31H23BrCl2N2O5/c1-39-25-15-21(22(32)16-26(25)40-17-18-8-4-2-5-9-18)28-27-29(41-36(28)19-10-6-3-7-11-19)31(38)35(30(27)37)20-12-13-23(33)24(34)14-20/h2-16,27-29H,17H2,1H3/t27-,28-,29-/m1/s1. The number of halogens is 3. The van der Waals surface area contributed by atoms with Crippen molar-refractivity contribution < 1.29 is 23.9 Å². The number of amides is 2. The largest absolute Gasteiger partial charge is 0.493 e. The molecule has 0 N–H and O–H groups in total. The molecule has 2 amide bonds. The first-order chi connectivity index (χ1) is 19.9. The van der Waals surface area contributed by atoms with E-state index in [1.54, 1.807) is 24.3 Å². The van der Waals surface area contributed by atoms with Crippen molar-refractivity contribution in [3.05, 3.63) is 117 Å². The maximum Gasteiger partial charge on any atom is 0.266 e. The van der Waals surface area contributed by atoms with Crippen LogP contribution in [-0.2, 0) is 21.0 Å². The Morgan fingerprint density at radius 1 is 0.829 bits per heavy atom. The van der Waals surface area contributed by atoms with Gasteiger partial charge in [-0.25, -0.2) is 9.96 Å². The molecule has 0 bridgehead atoms. The van der Waals surface area contributed by atoms with Crippen LogP contribution in [0.5, 0.6) is 11.5 Å². The maximum atomic E-state index is 14.0. The predicted octanol–water partition coefficient (Wildman–Crippen LogP) is 7.39. The van der Waals surface area contributed by atoms with Gasteiger partial charge in [-0.3, -0.25) is 14.4 Å². The molecule has 0 aliphatic carbocycles. The Morgan fingerprint density at radius 2 is 1.54 bits per heavy atom. The van der Waals surface area contributed by atoms with E-state index in [4.69, 9.17) is 37.5 Å². The zero-order chi connectivity index (χ0) is 28.7. The number of para-hydroxylation sites is 1. The summed E-state index contributed by atoms with van der Waals surface area (Å²) in [7, 11) is 1.56. The van der Waals surface area contributed by atoms with E-state index in [-0.39, 0.29) is 5.02 Å². The van der Waals surface area contributed by atoms with Crippen molar-refractivity contribution in [1.82, 2.24) is 0 Å². The Labute approximate surface area is 255 Å². The summed E-state index contributed by atoms with van der Waals surface area (Å²) in [4.78, 5) is 35.0. The molecule has 4 aromatic carbocycles. The highest BCUT2D eigenvalue weighted by atomic mass is 79.9. The van der Waals surface area contributed by atoms with Crippen molar-refractivity contribution in [3.8, 4) is 11.5 Å². The monoisotopic (exact) mass is 652 g/mol. The van der Waals surface area contributed by atoms with Gasteiger partial charge in [-0.15, -0.1) is 0 Å². The molecule has 2 aliphatic heterocycles. The number of carbonyl (C=O) groups is 2. The molecule has 0 unspecified atom stereocenters. The molecular weight excluding hydrogens is 631 g/mol. The Morgan fingerprint density at radius 3 is 2.22 bits per heavy atom. The first kappa shape index (κ1) is 27.6. The first-order valence-corrected chi connectivity index (χ1v) is 14.3. The van der Waals surface area contributed by atoms with Crippen LogP contribution >= 0.6 is 39.1 Å². The van der Waals surface area contributed by atoms with Crippen LogP contribution < -0.4 is 19.4 Å². The molecule has 6 rings (SSSR count). The number of anilines is 2. The van der Waals surface area contributed by atoms with Crippen LogP contribution in [0.4, 0.5) is 11.4 Å². The number of benzene rings is 4. The fourth-order valence-corrected chi connectivity index (χ4v) is 6.04. The highest BCUT2D eigenvalue weighted by Gasteiger charge is 2.60. The quantitative estimate of drug-likeness (QED) is 0.194. The topological polar surface area (TPSA) is 68.3 Å². The van der Waals surface area contributed by atoms with Gasteiger partial charge in [0.25, 0.3) is 5.91 Å². The summed E-state index contributed by atoms with van der Waals surface area (Å²) in [5.41, 5.74) is 2.74. The number of nitrogens with zero attached hydrogens (tertiary/aromatic N) is 2. The van der Waals surface area contributed by atoms with Crippen molar-refractivity contribution in [3.63, 3.8) is 0 Å². The minimum Gasteiger partial charge on any atom is -0.493 e. The van der Waals surface area contributed by atoms with Gasteiger partial charge in [-0.2, -0.15) is 0 Å². The number of hydrogen-bond acceptors (Lipinski definition) is 6. The van der Waals surface area contributed by atoms with Crippen molar-refractivity contribution in [1.29, 1.82) is 0 Å². The fourth-order valence-electron chi connectivity index (χ4n) is 5.19. The molecule has 0 aromatic heterocycles. The van der Waals surface area contributed by atoms with Gasteiger partial charge in [0.05, 0.1) is 34.6 Å². The van der Waals surface area contributed by atoms with E-state index in [1.807, 2.05) is 72.8 Å². The Kier molecular flexibility index (Phi) is 7.66. The van der Waals surface area contributed by atoms with E-state index in [0.29, 0.717) is 44.5 Å². The van der Waals surface area contributed by atoms with E-state index >= 15 is 0 Å². The average Bonchev–Trinajstić information content (AvgIpc) is 3.50. The number of hydroxylamine groups is 1.